The van der Waals surface area contributed by atoms with Gasteiger partial charge in [-0.05, 0) is 61.6 Å². The predicted octanol–water partition coefficient (Wildman–Crippen LogP) is 0.582. The lowest BCUT2D eigenvalue weighted by Gasteiger charge is -2.29. The maximum Gasteiger partial charge on any atom is 0.326 e. The van der Waals surface area contributed by atoms with Crippen molar-refractivity contribution in [2.75, 3.05) is 6.54 Å². The van der Waals surface area contributed by atoms with E-state index < -0.39 is 89.5 Å². The molecule has 6 atom stereocenters. The van der Waals surface area contributed by atoms with E-state index in [2.05, 4.69) is 31.9 Å². The molecule has 0 spiro atoms. The lowest BCUT2D eigenvalue weighted by molar-refractivity contribution is -0.142. The van der Waals surface area contributed by atoms with Gasteiger partial charge < -0.3 is 48.5 Å². The average Bonchev–Trinajstić information content (AvgIpc) is 3.17. The summed E-state index contributed by atoms with van der Waals surface area (Å²) >= 11 is 0. The smallest absolute Gasteiger partial charge is 0.326 e. The summed E-state index contributed by atoms with van der Waals surface area (Å²) in [6.07, 6.45) is 0.989. The molecule has 2 aromatic rings. The number of unbranched alkanes of at least 4 members (excludes halogenated alkanes) is 1. The van der Waals surface area contributed by atoms with Crippen LogP contribution in [0.1, 0.15) is 84.3 Å². The minimum absolute atomic E-state index is 0.00426. The quantitative estimate of drug-likeness (QED) is 0.0596. The zero-order valence-corrected chi connectivity index (χ0v) is 34.6. The Morgan fingerprint density at radius 1 is 0.576 bits per heavy atom. The van der Waals surface area contributed by atoms with Crippen molar-refractivity contribution in [3.63, 3.8) is 0 Å². The van der Waals surface area contributed by atoms with Gasteiger partial charge in [0.15, 0.2) is 0 Å². The number of hydrogen-bond acceptors (Lipinski definition) is 9. The summed E-state index contributed by atoms with van der Waals surface area (Å²) in [4.78, 5) is 104. The van der Waals surface area contributed by atoms with Crippen LogP contribution in [0.5, 0.6) is 0 Å². The molecular formula is C42H62N8O9. The normalized spacial score (nSPS) is 14.1. The molecule has 0 aliphatic carbocycles. The van der Waals surface area contributed by atoms with E-state index in [9.17, 15) is 43.5 Å². The van der Waals surface area contributed by atoms with Crippen molar-refractivity contribution in [2.24, 2.45) is 23.3 Å². The van der Waals surface area contributed by atoms with Crippen LogP contribution in [-0.4, -0.2) is 95.2 Å². The van der Waals surface area contributed by atoms with E-state index in [0.29, 0.717) is 30.5 Å². The number of nitrogens with one attached hydrogen (secondary N) is 6. The number of rotatable bonds is 26. The third kappa shape index (κ3) is 18.5. The second kappa shape index (κ2) is 25.5. The van der Waals surface area contributed by atoms with Crippen molar-refractivity contribution in [2.45, 2.75) is 122 Å². The molecule has 324 valence electrons. The molecule has 0 unspecified atom stereocenters. The van der Waals surface area contributed by atoms with E-state index in [1.54, 1.807) is 74.5 Å². The molecule has 17 heteroatoms. The fraction of sp³-hybridized carbons (Fsp3) is 0.524. The van der Waals surface area contributed by atoms with Crippen molar-refractivity contribution in [3.05, 3.63) is 71.8 Å². The van der Waals surface area contributed by atoms with Gasteiger partial charge in [-0.2, -0.15) is 0 Å². The largest absolute Gasteiger partial charge is 0.480 e. The number of hydrogen-bond donors (Lipinski definition) is 9. The Hall–Kier alpha value is -5.84. The average molecular weight is 823 g/mol. The summed E-state index contributed by atoms with van der Waals surface area (Å²) in [7, 11) is 0. The number of carboxylic acid groups (broad SMARTS) is 1. The maximum atomic E-state index is 14.0. The van der Waals surface area contributed by atoms with E-state index >= 15 is 0 Å². The number of primary amides is 1. The van der Waals surface area contributed by atoms with Crippen LogP contribution in [0.4, 0.5) is 0 Å². The van der Waals surface area contributed by atoms with Crippen LogP contribution in [0.2, 0.25) is 0 Å². The Morgan fingerprint density at radius 3 is 1.51 bits per heavy atom. The summed E-state index contributed by atoms with van der Waals surface area (Å²) in [5, 5.41) is 25.8. The summed E-state index contributed by atoms with van der Waals surface area (Å²) in [6, 6.07) is 10.4. The summed E-state index contributed by atoms with van der Waals surface area (Å²) in [6.45, 7) is 8.60. The zero-order valence-electron chi connectivity index (χ0n) is 34.6. The van der Waals surface area contributed by atoms with Crippen LogP contribution in [0.15, 0.2) is 60.7 Å². The molecule has 2 aromatic carbocycles. The molecular weight excluding hydrogens is 761 g/mol. The Balaban J connectivity index is 2.33. The van der Waals surface area contributed by atoms with Gasteiger partial charge in [-0.25, -0.2) is 4.79 Å². The van der Waals surface area contributed by atoms with Gasteiger partial charge in [0.05, 0.1) is 0 Å². The van der Waals surface area contributed by atoms with E-state index in [4.69, 9.17) is 11.5 Å². The van der Waals surface area contributed by atoms with Gasteiger partial charge in [-0.3, -0.25) is 33.6 Å². The first-order valence-corrected chi connectivity index (χ1v) is 20.0. The van der Waals surface area contributed by atoms with E-state index in [1.807, 2.05) is 13.8 Å². The van der Waals surface area contributed by atoms with E-state index in [0.717, 1.165) is 0 Å². The van der Waals surface area contributed by atoms with Crippen molar-refractivity contribution < 1.29 is 43.5 Å². The van der Waals surface area contributed by atoms with Gasteiger partial charge in [-0.15, -0.1) is 0 Å². The highest BCUT2D eigenvalue weighted by molar-refractivity contribution is 5.97. The van der Waals surface area contributed by atoms with Crippen molar-refractivity contribution in [3.8, 4) is 0 Å². The number of nitrogens with two attached hydrogens (primary N) is 2. The first-order chi connectivity index (χ1) is 27.9. The molecule has 17 nitrogen and oxygen atoms in total. The summed E-state index contributed by atoms with van der Waals surface area (Å²) < 4.78 is 0. The fourth-order valence-electron chi connectivity index (χ4n) is 6.24. The van der Waals surface area contributed by atoms with Gasteiger partial charge in [0.1, 0.15) is 36.3 Å². The second-order valence-corrected chi connectivity index (χ2v) is 15.4. The lowest BCUT2D eigenvalue weighted by atomic mass is 9.98. The van der Waals surface area contributed by atoms with Gasteiger partial charge >= 0.3 is 5.97 Å². The van der Waals surface area contributed by atoms with Crippen LogP contribution >= 0.6 is 0 Å². The predicted molar refractivity (Wildman–Crippen MR) is 221 cm³/mol. The first kappa shape index (κ1) is 49.3. The van der Waals surface area contributed by atoms with Gasteiger partial charge in [-0.1, -0.05) is 88.4 Å². The SMILES string of the molecule is CC(=O)N[C@@H](CCC(N)=O)C(=O)N[C@@H](CCCCN)C(=O)N[C@@H](CC(C)C)C(=O)N[C@H](C(=O)N[C@@H](Cc1ccccc1)C(=O)N[C@@H](Cc1ccccc1)C(=O)O)C(C)C. The zero-order chi connectivity index (χ0) is 44.1. The molecule has 11 N–H and O–H groups in total. The Bertz CT molecular complexity index is 1710. The second-order valence-electron chi connectivity index (χ2n) is 15.4. The van der Waals surface area contributed by atoms with E-state index in [1.165, 1.54) is 6.92 Å². The van der Waals surface area contributed by atoms with Gasteiger partial charge in [0.2, 0.25) is 41.4 Å². The van der Waals surface area contributed by atoms with Gasteiger partial charge in [0, 0.05) is 26.2 Å². The minimum Gasteiger partial charge on any atom is -0.480 e. The summed E-state index contributed by atoms with van der Waals surface area (Å²) in [5.74, 6) is -6.63. The third-order valence-corrected chi connectivity index (χ3v) is 9.35. The molecule has 0 bridgehead atoms. The highest BCUT2D eigenvalue weighted by Gasteiger charge is 2.34. The first-order valence-electron chi connectivity index (χ1n) is 20.0. The molecule has 0 aromatic heterocycles. The highest BCUT2D eigenvalue weighted by Crippen LogP contribution is 2.12. The number of carbonyl (C=O) groups is 8. The number of carboxylic acids is 1. The van der Waals surface area contributed by atoms with Crippen molar-refractivity contribution in [1.82, 2.24) is 31.9 Å². The number of benzene rings is 2. The number of aliphatic carboxylic acids is 1. The number of amides is 7. The van der Waals surface area contributed by atoms with Gasteiger partial charge in [0.25, 0.3) is 0 Å². The molecule has 2 rings (SSSR count). The molecule has 0 fully saturated rings. The fourth-order valence-corrected chi connectivity index (χ4v) is 6.24. The summed E-state index contributed by atoms with van der Waals surface area (Å²) in [5.41, 5.74) is 12.3. The highest BCUT2D eigenvalue weighted by atomic mass is 16.4. The van der Waals surface area contributed by atoms with Crippen LogP contribution < -0.4 is 43.4 Å². The molecule has 0 saturated carbocycles. The van der Waals surface area contributed by atoms with Crippen LogP contribution in [0, 0.1) is 11.8 Å². The molecule has 0 heterocycles. The Kier molecular flexibility index (Phi) is 21.3. The minimum atomic E-state index is -1.29. The number of carbonyl (C=O) groups excluding carboxylic acids is 7. The monoisotopic (exact) mass is 822 g/mol. The standard InChI is InChI=1S/C42H62N8O9/c1-25(2)22-32(47-37(53)30(18-12-13-21-43)46-38(54)31(45-27(5)51)19-20-35(44)52)40(56)50-36(26(3)4)41(57)48-33(23-28-14-8-6-9-15-28)39(55)49-34(42(58)59)24-29-16-10-7-11-17-29/h6-11,14-17,25-26,30-34,36H,12-13,18-24,43H2,1-5H3,(H2,44,52)(H,45,51)(H,46,54)(H,47,53)(H,48,57)(H,49,55)(H,50,56)(H,58,59)/t30-,31-,32-,33-,34-,36-/m0/s1. The van der Waals surface area contributed by atoms with Crippen LogP contribution in [0.25, 0.3) is 0 Å². The van der Waals surface area contributed by atoms with Crippen LogP contribution in [0.3, 0.4) is 0 Å². The topological polar surface area (TPSA) is 281 Å². The van der Waals surface area contributed by atoms with E-state index in [-0.39, 0.29) is 44.4 Å². The Labute approximate surface area is 346 Å². The van der Waals surface area contributed by atoms with Crippen molar-refractivity contribution in [1.29, 1.82) is 0 Å². The maximum absolute atomic E-state index is 14.0. The Morgan fingerprint density at radius 2 is 1.03 bits per heavy atom. The third-order valence-electron chi connectivity index (χ3n) is 9.35. The molecule has 0 radical (unpaired) electrons. The lowest BCUT2D eigenvalue weighted by Crippen LogP contribution is -2.60. The molecule has 0 aliphatic heterocycles. The molecule has 0 aliphatic rings. The van der Waals surface area contributed by atoms with Crippen molar-refractivity contribution >= 4 is 47.3 Å². The molecule has 7 amide bonds. The molecule has 59 heavy (non-hydrogen) atoms. The van der Waals surface area contributed by atoms with Crippen LogP contribution in [-0.2, 0) is 51.2 Å². The molecule has 0 saturated heterocycles.